The molecular formula is C16H15NO4. The van der Waals surface area contributed by atoms with Gasteiger partial charge >= 0.3 is 5.97 Å². The van der Waals surface area contributed by atoms with Gasteiger partial charge in [-0.3, -0.25) is 14.5 Å². The normalized spacial score (nSPS) is 27.9. The van der Waals surface area contributed by atoms with E-state index in [-0.39, 0.29) is 35.1 Å². The smallest absolute Gasteiger partial charge is 0.335 e. The van der Waals surface area contributed by atoms with Crippen molar-refractivity contribution in [2.75, 3.05) is 4.90 Å². The van der Waals surface area contributed by atoms with Crippen LogP contribution in [0.3, 0.4) is 0 Å². The zero-order chi connectivity index (χ0) is 15.1. The van der Waals surface area contributed by atoms with Crippen molar-refractivity contribution in [3.8, 4) is 0 Å². The molecule has 1 aliphatic heterocycles. The lowest BCUT2D eigenvalue weighted by molar-refractivity contribution is -0.122. The molecule has 1 heterocycles. The molecular weight excluding hydrogens is 270 g/mol. The van der Waals surface area contributed by atoms with Crippen molar-refractivity contribution in [3.63, 3.8) is 0 Å². The summed E-state index contributed by atoms with van der Waals surface area (Å²) in [6, 6.07) is 5.95. The summed E-state index contributed by atoms with van der Waals surface area (Å²) in [4.78, 5) is 37.2. The first-order valence-electron chi connectivity index (χ1n) is 6.88. The van der Waals surface area contributed by atoms with Crippen LogP contribution in [0.5, 0.6) is 0 Å². The third kappa shape index (κ3) is 2.05. The molecule has 2 aliphatic rings. The Balaban J connectivity index is 2.00. The molecule has 1 saturated heterocycles. The first kappa shape index (κ1) is 13.5. The molecule has 0 bridgehead atoms. The van der Waals surface area contributed by atoms with Gasteiger partial charge in [-0.15, -0.1) is 0 Å². The van der Waals surface area contributed by atoms with Crippen LogP contribution in [0.25, 0.3) is 0 Å². The highest BCUT2D eigenvalue weighted by atomic mass is 16.4. The summed E-state index contributed by atoms with van der Waals surface area (Å²) in [5.74, 6) is -2.19. The van der Waals surface area contributed by atoms with E-state index in [1.165, 1.54) is 12.1 Å². The Bertz CT molecular complexity index is 664. The van der Waals surface area contributed by atoms with Gasteiger partial charge in [0.1, 0.15) is 0 Å². The average Bonchev–Trinajstić information content (AvgIpc) is 2.72. The molecule has 1 aromatic carbocycles. The van der Waals surface area contributed by atoms with Crippen molar-refractivity contribution in [1.29, 1.82) is 0 Å². The molecule has 1 N–H and O–H groups in total. The Morgan fingerprint density at radius 2 is 2.05 bits per heavy atom. The molecule has 0 aromatic heterocycles. The fraction of sp³-hybridized carbons (Fsp3) is 0.312. The number of carbonyl (C=O) groups is 3. The molecule has 2 amide bonds. The van der Waals surface area contributed by atoms with Crippen molar-refractivity contribution in [3.05, 3.63) is 42.0 Å². The minimum Gasteiger partial charge on any atom is -0.478 e. The summed E-state index contributed by atoms with van der Waals surface area (Å²) < 4.78 is 0. The Morgan fingerprint density at radius 1 is 1.29 bits per heavy atom. The van der Waals surface area contributed by atoms with Crippen LogP contribution >= 0.6 is 0 Å². The van der Waals surface area contributed by atoms with E-state index in [0.717, 1.165) is 4.90 Å². The maximum atomic E-state index is 12.6. The average molecular weight is 285 g/mol. The van der Waals surface area contributed by atoms with Crippen molar-refractivity contribution >= 4 is 23.5 Å². The maximum Gasteiger partial charge on any atom is 0.335 e. The number of allylic oxidation sites excluding steroid dienone is 2. The molecule has 5 heteroatoms. The minimum absolute atomic E-state index is 0.0212. The number of carbonyl (C=O) groups excluding carboxylic acids is 2. The number of carboxylic acid groups (broad SMARTS) is 1. The van der Waals surface area contributed by atoms with E-state index < -0.39 is 5.97 Å². The molecule has 0 saturated carbocycles. The van der Waals surface area contributed by atoms with Gasteiger partial charge in [-0.25, -0.2) is 4.79 Å². The van der Waals surface area contributed by atoms with Crippen molar-refractivity contribution < 1.29 is 19.5 Å². The Labute approximate surface area is 121 Å². The van der Waals surface area contributed by atoms with Gasteiger partial charge in [0, 0.05) is 0 Å². The van der Waals surface area contributed by atoms with Crippen LogP contribution in [0, 0.1) is 17.8 Å². The van der Waals surface area contributed by atoms with Gasteiger partial charge in [-0.2, -0.15) is 0 Å². The molecule has 1 fully saturated rings. The lowest BCUT2D eigenvalue weighted by Gasteiger charge is -2.22. The van der Waals surface area contributed by atoms with E-state index in [0.29, 0.717) is 12.1 Å². The van der Waals surface area contributed by atoms with Gasteiger partial charge in [-0.1, -0.05) is 25.1 Å². The van der Waals surface area contributed by atoms with Crippen molar-refractivity contribution in [1.82, 2.24) is 0 Å². The van der Waals surface area contributed by atoms with Gasteiger partial charge in [0.05, 0.1) is 23.1 Å². The highest BCUT2D eigenvalue weighted by molar-refractivity contribution is 6.22. The minimum atomic E-state index is -1.08. The van der Waals surface area contributed by atoms with Crippen LogP contribution in [0.1, 0.15) is 23.7 Å². The lowest BCUT2D eigenvalue weighted by Crippen LogP contribution is -2.31. The first-order chi connectivity index (χ1) is 10.0. The molecule has 3 atom stereocenters. The van der Waals surface area contributed by atoms with Crippen LogP contribution in [-0.2, 0) is 9.59 Å². The number of carboxylic acids is 1. The second-order valence-electron chi connectivity index (χ2n) is 5.52. The summed E-state index contributed by atoms with van der Waals surface area (Å²) in [7, 11) is 0. The van der Waals surface area contributed by atoms with E-state index in [9.17, 15) is 14.4 Å². The van der Waals surface area contributed by atoms with Gasteiger partial charge in [-0.05, 0) is 30.5 Å². The summed E-state index contributed by atoms with van der Waals surface area (Å²) in [6.45, 7) is 1.93. The number of aromatic carboxylic acids is 1. The molecule has 0 spiro atoms. The van der Waals surface area contributed by atoms with Crippen LogP contribution in [-0.4, -0.2) is 22.9 Å². The predicted molar refractivity (Wildman–Crippen MR) is 75.8 cm³/mol. The van der Waals surface area contributed by atoms with Crippen molar-refractivity contribution in [2.24, 2.45) is 17.8 Å². The van der Waals surface area contributed by atoms with E-state index in [1.54, 1.807) is 12.1 Å². The van der Waals surface area contributed by atoms with Gasteiger partial charge in [0.2, 0.25) is 11.8 Å². The van der Waals surface area contributed by atoms with Crippen molar-refractivity contribution in [2.45, 2.75) is 13.3 Å². The van der Waals surface area contributed by atoms with Crippen LogP contribution < -0.4 is 4.90 Å². The summed E-state index contributed by atoms with van der Waals surface area (Å²) in [6.07, 6.45) is 4.46. The number of rotatable bonds is 2. The summed E-state index contributed by atoms with van der Waals surface area (Å²) in [5, 5.41) is 9.03. The fourth-order valence-electron chi connectivity index (χ4n) is 3.18. The zero-order valence-electron chi connectivity index (χ0n) is 11.5. The fourth-order valence-corrected chi connectivity index (χ4v) is 3.18. The third-order valence-electron chi connectivity index (χ3n) is 4.22. The predicted octanol–water partition coefficient (Wildman–Crippen LogP) is 2.09. The van der Waals surface area contributed by atoms with E-state index in [4.69, 9.17) is 5.11 Å². The number of hydrogen-bond acceptors (Lipinski definition) is 3. The molecule has 3 rings (SSSR count). The SMILES string of the molecule is C[C@H]1C=CC[C@H]2C(=O)N(c3cccc(C(=O)O)c3)C(=O)[C@H]12. The molecule has 0 unspecified atom stereocenters. The molecule has 1 aliphatic carbocycles. The number of amides is 2. The second-order valence-corrected chi connectivity index (χ2v) is 5.52. The molecule has 21 heavy (non-hydrogen) atoms. The molecule has 5 nitrogen and oxygen atoms in total. The number of imide groups is 1. The topological polar surface area (TPSA) is 74.7 Å². The van der Waals surface area contributed by atoms with E-state index >= 15 is 0 Å². The van der Waals surface area contributed by atoms with E-state index in [1.807, 2.05) is 19.1 Å². The largest absolute Gasteiger partial charge is 0.478 e. The second kappa shape index (κ2) is 4.84. The lowest BCUT2D eigenvalue weighted by atomic mass is 9.78. The van der Waals surface area contributed by atoms with E-state index in [2.05, 4.69) is 0 Å². The molecule has 1 aromatic rings. The summed E-state index contributed by atoms with van der Waals surface area (Å²) in [5.41, 5.74) is 0.403. The number of nitrogens with zero attached hydrogens (tertiary/aromatic N) is 1. The van der Waals surface area contributed by atoms with Crippen LogP contribution in [0.2, 0.25) is 0 Å². The standard InChI is InChI=1S/C16H15NO4/c1-9-4-2-7-12-13(9)15(19)17(14(12)18)11-6-3-5-10(8-11)16(20)21/h2-6,8-9,12-13H,7H2,1H3,(H,20,21)/t9-,12+,13+/m0/s1. The Kier molecular flexibility index (Phi) is 3.12. The molecule has 108 valence electrons. The van der Waals surface area contributed by atoms with Gasteiger partial charge in [0.15, 0.2) is 0 Å². The maximum absolute atomic E-state index is 12.6. The monoisotopic (exact) mass is 285 g/mol. The third-order valence-corrected chi connectivity index (χ3v) is 4.22. The van der Waals surface area contributed by atoms with Crippen LogP contribution in [0.15, 0.2) is 36.4 Å². The highest BCUT2D eigenvalue weighted by Gasteiger charge is 2.50. The first-order valence-corrected chi connectivity index (χ1v) is 6.88. The number of hydrogen-bond donors (Lipinski definition) is 1. The number of fused-ring (bicyclic) bond motifs is 1. The van der Waals surface area contributed by atoms with Gasteiger partial charge < -0.3 is 5.11 Å². The van der Waals surface area contributed by atoms with Gasteiger partial charge in [0.25, 0.3) is 0 Å². The zero-order valence-corrected chi connectivity index (χ0v) is 11.5. The number of benzene rings is 1. The quantitative estimate of drug-likeness (QED) is 0.667. The molecule has 0 radical (unpaired) electrons. The Hall–Kier alpha value is -2.43. The summed E-state index contributed by atoms with van der Waals surface area (Å²) >= 11 is 0. The highest BCUT2D eigenvalue weighted by Crippen LogP contribution is 2.40. The van der Waals surface area contributed by atoms with Crippen LogP contribution in [0.4, 0.5) is 5.69 Å². The Morgan fingerprint density at radius 3 is 2.71 bits per heavy atom. The number of anilines is 1.